The molecule has 0 saturated carbocycles. The number of fused-ring (bicyclic) bond motifs is 1. The Balaban J connectivity index is 1.88. The number of nitrogens with zero attached hydrogens (tertiary/aromatic N) is 3. The van der Waals surface area contributed by atoms with Crippen molar-refractivity contribution in [1.29, 1.82) is 0 Å². The van der Waals surface area contributed by atoms with E-state index in [9.17, 15) is 14.3 Å². The van der Waals surface area contributed by atoms with E-state index in [0.29, 0.717) is 12.1 Å². The van der Waals surface area contributed by atoms with Gasteiger partial charge in [-0.05, 0) is 13.3 Å². The highest BCUT2D eigenvalue weighted by Crippen LogP contribution is 2.41. The van der Waals surface area contributed by atoms with E-state index in [2.05, 4.69) is 15.0 Å². The zero-order valence-corrected chi connectivity index (χ0v) is 13.0. The van der Waals surface area contributed by atoms with Crippen LogP contribution in [-0.4, -0.2) is 43.8 Å². The van der Waals surface area contributed by atoms with Crippen molar-refractivity contribution in [2.75, 3.05) is 25.1 Å². The molecule has 1 unspecified atom stereocenters. The number of hydrogen-bond donors (Lipinski definition) is 3. The van der Waals surface area contributed by atoms with Crippen molar-refractivity contribution in [2.45, 2.75) is 20.1 Å². The predicted octanol–water partition coefficient (Wildman–Crippen LogP) is 0.288. The number of nitrogens with one attached hydrogen (secondary N) is 1. The molecule has 0 aliphatic carbocycles. The van der Waals surface area contributed by atoms with Crippen molar-refractivity contribution in [2.24, 2.45) is 0 Å². The van der Waals surface area contributed by atoms with Crippen LogP contribution in [0.15, 0.2) is 11.1 Å². The van der Waals surface area contributed by atoms with Crippen molar-refractivity contribution in [3.8, 4) is 0 Å². The Morgan fingerprint density at radius 3 is 3.05 bits per heavy atom. The molecule has 0 bridgehead atoms. The molecule has 2 aromatic rings. The molecule has 0 fully saturated rings. The topological polar surface area (TPSA) is 145 Å². The molecule has 0 radical (unpaired) electrons. The van der Waals surface area contributed by atoms with Crippen molar-refractivity contribution < 1.29 is 18.7 Å². The first-order valence-corrected chi connectivity index (χ1v) is 8.44. The molecule has 2 rings (SSSR count). The molecule has 10 nitrogen and oxygen atoms in total. The van der Waals surface area contributed by atoms with Crippen LogP contribution >= 0.6 is 7.60 Å². The number of nitrogen functional groups attached to an aromatic ring is 1. The van der Waals surface area contributed by atoms with Crippen LogP contribution in [-0.2, 0) is 20.6 Å². The molecule has 0 aromatic carbocycles. The average Bonchev–Trinajstić information content (AvgIpc) is 2.81. The minimum Gasteiger partial charge on any atom is -0.369 e. The van der Waals surface area contributed by atoms with Gasteiger partial charge in [-0.25, -0.2) is 4.98 Å². The highest BCUT2D eigenvalue weighted by molar-refractivity contribution is 7.52. The molecule has 2 heterocycles. The Kier molecular flexibility index (Phi) is 5.30. The molecule has 2 aromatic heterocycles. The summed E-state index contributed by atoms with van der Waals surface area (Å²) in [5.41, 5.74) is 5.56. The summed E-state index contributed by atoms with van der Waals surface area (Å²) in [6, 6.07) is 0. The van der Waals surface area contributed by atoms with Gasteiger partial charge in [-0.3, -0.25) is 18.9 Å². The summed E-state index contributed by atoms with van der Waals surface area (Å²) in [6.07, 6.45) is 1.82. The minimum atomic E-state index is -3.52. The van der Waals surface area contributed by atoms with Gasteiger partial charge < -0.3 is 19.9 Å². The van der Waals surface area contributed by atoms with E-state index in [4.69, 9.17) is 15.0 Å². The molecule has 1 atom stereocenters. The smallest absolute Gasteiger partial charge is 0.328 e. The number of nitrogens with two attached hydrogens (primary N) is 1. The summed E-state index contributed by atoms with van der Waals surface area (Å²) in [7, 11) is -3.52. The Morgan fingerprint density at radius 1 is 1.55 bits per heavy atom. The third kappa shape index (κ3) is 4.14. The van der Waals surface area contributed by atoms with E-state index in [-0.39, 0.29) is 37.6 Å². The lowest BCUT2D eigenvalue weighted by Crippen LogP contribution is -2.13. The van der Waals surface area contributed by atoms with E-state index in [0.717, 1.165) is 0 Å². The van der Waals surface area contributed by atoms with Gasteiger partial charge in [0.1, 0.15) is 6.73 Å². The Bertz CT molecular complexity index is 742. The van der Waals surface area contributed by atoms with E-state index >= 15 is 0 Å². The van der Waals surface area contributed by atoms with Crippen molar-refractivity contribution >= 4 is 24.7 Å². The van der Waals surface area contributed by atoms with E-state index in [1.165, 1.54) is 10.9 Å². The van der Waals surface area contributed by atoms with Gasteiger partial charge in [0.25, 0.3) is 5.56 Å². The Morgan fingerprint density at radius 2 is 2.32 bits per heavy atom. The first-order chi connectivity index (χ1) is 10.4. The van der Waals surface area contributed by atoms with Crippen molar-refractivity contribution in [3.63, 3.8) is 0 Å². The van der Waals surface area contributed by atoms with Gasteiger partial charge in [0.2, 0.25) is 5.95 Å². The number of ether oxygens (including phenoxy) is 1. The van der Waals surface area contributed by atoms with Crippen molar-refractivity contribution in [3.05, 3.63) is 16.7 Å². The Hall–Kier alpha value is -1.74. The highest BCUT2D eigenvalue weighted by Gasteiger charge is 2.17. The number of anilines is 1. The lowest BCUT2D eigenvalue weighted by Gasteiger charge is -2.10. The summed E-state index contributed by atoms with van der Waals surface area (Å²) in [5.74, 6) is -0.00261. The fourth-order valence-electron chi connectivity index (χ4n) is 1.86. The predicted molar refractivity (Wildman–Crippen MR) is 79.4 cm³/mol. The average molecular weight is 331 g/mol. The van der Waals surface area contributed by atoms with Gasteiger partial charge in [-0.15, -0.1) is 0 Å². The van der Waals surface area contributed by atoms with Gasteiger partial charge in [0, 0.05) is 6.61 Å². The van der Waals surface area contributed by atoms with Gasteiger partial charge in [-0.1, -0.05) is 0 Å². The second-order valence-electron chi connectivity index (χ2n) is 4.51. The second kappa shape index (κ2) is 7.01. The number of hydrogen-bond acceptors (Lipinski definition) is 7. The van der Waals surface area contributed by atoms with Crippen LogP contribution in [0.25, 0.3) is 11.2 Å². The molecule has 0 amide bonds. The van der Waals surface area contributed by atoms with Gasteiger partial charge >= 0.3 is 7.60 Å². The molecular formula is C11H18N5O5P. The molecule has 0 aliphatic heterocycles. The molecule has 0 aliphatic rings. The summed E-state index contributed by atoms with van der Waals surface area (Å²) in [5, 5.41) is 0. The lowest BCUT2D eigenvalue weighted by molar-refractivity contribution is 0.0791. The summed E-state index contributed by atoms with van der Waals surface area (Å²) >= 11 is 0. The van der Waals surface area contributed by atoms with Crippen LogP contribution in [0, 0.1) is 0 Å². The number of H-pyrrole nitrogens is 1. The maximum Gasteiger partial charge on any atom is 0.328 e. The van der Waals surface area contributed by atoms with E-state index < -0.39 is 13.2 Å². The van der Waals surface area contributed by atoms with Crippen LogP contribution in [0.3, 0.4) is 0 Å². The monoisotopic (exact) mass is 331 g/mol. The molecule has 11 heteroatoms. The number of imidazole rings is 1. The second-order valence-corrected chi connectivity index (χ2v) is 6.49. The minimum absolute atomic E-state index is 0.00261. The molecule has 22 heavy (non-hydrogen) atoms. The summed E-state index contributed by atoms with van der Waals surface area (Å²) in [4.78, 5) is 31.3. The third-order valence-electron chi connectivity index (χ3n) is 2.78. The Labute approximate surface area is 125 Å². The molecular weight excluding hydrogens is 313 g/mol. The quantitative estimate of drug-likeness (QED) is 0.462. The molecule has 4 N–H and O–H groups in total. The maximum atomic E-state index is 11.6. The first-order valence-electron chi connectivity index (χ1n) is 6.67. The van der Waals surface area contributed by atoms with Gasteiger partial charge in [0.15, 0.2) is 11.2 Å². The fourth-order valence-corrected chi connectivity index (χ4v) is 2.92. The van der Waals surface area contributed by atoms with Crippen LogP contribution in [0.2, 0.25) is 0 Å². The van der Waals surface area contributed by atoms with Crippen LogP contribution in [0.1, 0.15) is 13.3 Å². The highest BCUT2D eigenvalue weighted by atomic mass is 31.2. The van der Waals surface area contributed by atoms with E-state index in [1.807, 2.05) is 0 Å². The zero-order valence-electron chi connectivity index (χ0n) is 12.1. The third-order valence-corrected chi connectivity index (χ3v) is 4.33. The number of aromatic amines is 1. The molecule has 0 spiro atoms. The number of rotatable bonds is 8. The molecule has 122 valence electrons. The van der Waals surface area contributed by atoms with Crippen LogP contribution in [0.5, 0.6) is 0 Å². The first kappa shape index (κ1) is 16.6. The zero-order chi connectivity index (χ0) is 16.2. The fraction of sp³-hybridized carbons (Fsp3) is 0.545. The normalized spacial score (nSPS) is 14.3. The van der Waals surface area contributed by atoms with Crippen molar-refractivity contribution in [1.82, 2.24) is 19.5 Å². The standard InChI is InChI=1S/C11H18N5O5P/c1-2-21-22(18,19)5-3-4-20-7-16-6-13-8-9(16)14-11(12)15-10(8)17/h6H,2-5,7H2,1H3,(H,18,19)(H3,12,14,15,17). The lowest BCUT2D eigenvalue weighted by atomic mass is 10.5. The number of aromatic nitrogens is 4. The summed E-state index contributed by atoms with van der Waals surface area (Å²) < 4.78 is 23.1. The largest absolute Gasteiger partial charge is 0.369 e. The molecule has 0 saturated heterocycles. The van der Waals surface area contributed by atoms with Crippen LogP contribution < -0.4 is 11.3 Å². The van der Waals surface area contributed by atoms with Gasteiger partial charge in [0.05, 0.1) is 19.1 Å². The summed E-state index contributed by atoms with van der Waals surface area (Å²) in [6.45, 7) is 2.22. The van der Waals surface area contributed by atoms with E-state index in [1.54, 1.807) is 6.92 Å². The SMILES string of the molecule is CCOP(=O)(O)CCCOCn1cnc2c(=O)[nH]c(N)nc21. The maximum absolute atomic E-state index is 11.6. The van der Waals surface area contributed by atoms with Crippen LogP contribution in [0.4, 0.5) is 5.95 Å². The van der Waals surface area contributed by atoms with Gasteiger partial charge in [-0.2, -0.15) is 4.98 Å².